The summed E-state index contributed by atoms with van der Waals surface area (Å²) in [6, 6.07) is 4.08. The van der Waals surface area contributed by atoms with Crippen molar-refractivity contribution in [1.82, 2.24) is 0 Å². The molecule has 0 fully saturated rings. The van der Waals surface area contributed by atoms with Gasteiger partial charge in [0.2, 0.25) is 0 Å². The number of nitrogens with two attached hydrogens (primary N) is 2. The van der Waals surface area contributed by atoms with Crippen molar-refractivity contribution in [3.8, 4) is 5.75 Å². The zero-order chi connectivity index (χ0) is 13.9. The monoisotopic (exact) mass is 398 g/mol. The van der Waals surface area contributed by atoms with Crippen molar-refractivity contribution in [3.05, 3.63) is 26.8 Å². The summed E-state index contributed by atoms with van der Waals surface area (Å²) in [6.07, 6.45) is 0. The van der Waals surface area contributed by atoms with E-state index in [4.69, 9.17) is 16.2 Å². The second-order valence-electron chi connectivity index (χ2n) is 5.16. The molecule has 0 aromatic heterocycles. The second-order valence-corrected chi connectivity index (χ2v) is 6.32. The fraction of sp³-hybridized carbons (Fsp3) is 0.462. The molecule has 6 heteroatoms. The summed E-state index contributed by atoms with van der Waals surface area (Å²) in [4.78, 5) is 10.8. The third kappa shape index (κ3) is 5.16. The van der Waals surface area contributed by atoms with Gasteiger partial charge in [0.05, 0.1) is 3.57 Å². The molecule has 0 spiro atoms. The van der Waals surface area contributed by atoms with Crippen LogP contribution in [0.2, 0.25) is 0 Å². The Hall–Kier alpha value is -0.530. The van der Waals surface area contributed by atoms with E-state index in [9.17, 15) is 4.79 Å². The van der Waals surface area contributed by atoms with Crippen LogP contribution < -0.4 is 16.2 Å². The van der Waals surface area contributed by atoms with Gasteiger partial charge in [-0.3, -0.25) is 4.79 Å². The number of hydrogen-bond donors (Lipinski definition) is 2. The molecule has 0 radical (unpaired) electrons. The van der Waals surface area contributed by atoms with Gasteiger partial charge >= 0.3 is 0 Å². The molecule has 19 heavy (non-hydrogen) atoms. The quantitative estimate of drug-likeness (QED) is 0.764. The van der Waals surface area contributed by atoms with Crippen LogP contribution in [-0.2, 0) is 16.8 Å². The molecule has 0 aliphatic carbocycles. The van der Waals surface area contributed by atoms with E-state index in [-0.39, 0.29) is 24.4 Å². The Bertz CT molecular complexity index is 459. The van der Waals surface area contributed by atoms with Crippen LogP contribution in [0.4, 0.5) is 0 Å². The first kappa shape index (κ1) is 18.5. The van der Waals surface area contributed by atoms with Crippen LogP contribution in [0, 0.1) is 3.57 Å². The van der Waals surface area contributed by atoms with Crippen LogP contribution in [0.5, 0.6) is 5.75 Å². The minimum Gasteiger partial charge on any atom is -0.482 e. The molecule has 1 aromatic carbocycles. The Morgan fingerprint density at radius 2 is 1.95 bits per heavy atom. The summed E-state index contributed by atoms with van der Waals surface area (Å²) in [5.74, 6) is 0.165. The normalized spacial score (nSPS) is 10.8. The van der Waals surface area contributed by atoms with E-state index in [1.54, 1.807) is 0 Å². The highest BCUT2D eigenvalue weighted by Crippen LogP contribution is 2.32. The summed E-state index contributed by atoms with van der Waals surface area (Å²) < 4.78 is 6.37. The van der Waals surface area contributed by atoms with Crippen LogP contribution in [-0.4, -0.2) is 12.5 Å². The van der Waals surface area contributed by atoms with Crippen LogP contribution in [0.1, 0.15) is 31.9 Å². The van der Waals surface area contributed by atoms with Crippen molar-refractivity contribution in [3.63, 3.8) is 0 Å². The van der Waals surface area contributed by atoms with Gasteiger partial charge in [-0.25, -0.2) is 0 Å². The molecule has 1 rings (SSSR count). The Kier molecular flexibility index (Phi) is 7.10. The van der Waals surface area contributed by atoms with Gasteiger partial charge in [-0.1, -0.05) is 26.8 Å². The third-order valence-corrected chi connectivity index (χ3v) is 3.37. The van der Waals surface area contributed by atoms with Gasteiger partial charge in [-0.05, 0) is 39.6 Å². The number of halogens is 2. The Balaban J connectivity index is 0.00000324. The highest BCUT2D eigenvalue weighted by molar-refractivity contribution is 14.1. The Morgan fingerprint density at radius 1 is 1.37 bits per heavy atom. The molecule has 0 aliphatic rings. The molecule has 0 unspecified atom stereocenters. The maximum absolute atomic E-state index is 10.8. The van der Waals surface area contributed by atoms with Crippen molar-refractivity contribution < 1.29 is 9.53 Å². The highest BCUT2D eigenvalue weighted by Gasteiger charge is 2.18. The maximum atomic E-state index is 10.8. The van der Waals surface area contributed by atoms with Gasteiger partial charge in [0.25, 0.3) is 5.91 Å². The lowest BCUT2D eigenvalue weighted by Crippen LogP contribution is -2.21. The minimum atomic E-state index is -0.492. The number of hydrogen-bond acceptors (Lipinski definition) is 3. The summed E-state index contributed by atoms with van der Waals surface area (Å²) in [6.45, 7) is 6.67. The molecule has 1 aromatic rings. The van der Waals surface area contributed by atoms with Crippen molar-refractivity contribution in [2.24, 2.45) is 11.5 Å². The van der Waals surface area contributed by atoms with Gasteiger partial charge in [-0.2, -0.15) is 0 Å². The SMILES string of the molecule is CC(C)(C)c1cc(I)c(OCC(N)=O)c(CN)c1.Cl. The minimum absolute atomic E-state index is 0. The first-order valence-corrected chi connectivity index (χ1v) is 6.77. The molecule has 0 aliphatic heterocycles. The first-order chi connectivity index (χ1) is 8.25. The lowest BCUT2D eigenvalue weighted by atomic mass is 9.86. The second kappa shape index (κ2) is 7.31. The topological polar surface area (TPSA) is 78.3 Å². The van der Waals surface area contributed by atoms with E-state index in [0.717, 1.165) is 9.13 Å². The average Bonchev–Trinajstić information content (AvgIpc) is 2.24. The van der Waals surface area contributed by atoms with Crippen molar-refractivity contribution in [2.75, 3.05) is 6.61 Å². The lowest BCUT2D eigenvalue weighted by molar-refractivity contribution is -0.119. The zero-order valence-electron chi connectivity index (χ0n) is 11.3. The standard InChI is InChI=1S/C13H19IN2O2.ClH/c1-13(2,3)9-4-8(6-15)12(10(14)5-9)18-7-11(16)17;/h4-5H,6-7,15H2,1-3H3,(H2,16,17);1H. The van der Waals surface area contributed by atoms with Crippen LogP contribution >= 0.6 is 35.0 Å². The van der Waals surface area contributed by atoms with Gasteiger partial charge in [0.1, 0.15) is 5.75 Å². The molecule has 0 heterocycles. The number of primary amides is 1. The van der Waals surface area contributed by atoms with Crippen molar-refractivity contribution in [2.45, 2.75) is 32.7 Å². The number of rotatable bonds is 4. The zero-order valence-corrected chi connectivity index (χ0v) is 14.3. The molecule has 4 nitrogen and oxygen atoms in total. The predicted octanol–water partition coefficient (Wildman–Crippen LogP) is 2.33. The molecular weight excluding hydrogens is 379 g/mol. The van der Waals surface area contributed by atoms with Gasteiger partial charge in [0, 0.05) is 12.1 Å². The predicted molar refractivity (Wildman–Crippen MR) is 87.7 cm³/mol. The fourth-order valence-electron chi connectivity index (χ4n) is 1.54. The van der Waals surface area contributed by atoms with Crippen molar-refractivity contribution in [1.29, 1.82) is 0 Å². The Labute approximate surface area is 133 Å². The number of carbonyl (C=O) groups excluding carboxylic acids is 1. The number of amides is 1. The molecule has 108 valence electrons. The summed E-state index contributed by atoms with van der Waals surface area (Å²) in [5, 5.41) is 0. The van der Waals surface area contributed by atoms with Crippen molar-refractivity contribution >= 4 is 40.9 Å². The molecule has 0 bridgehead atoms. The number of carbonyl (C=O) groups is 1. The maximum Gasteiger partial charge on any atom is 0.255 e. The van der Waals surface area contributed by atoms with E-state index < -0.39 is 5.91 Å². The smallest absolute Gasteiger partial charge is 0.255 e. The van der Waals surface area contributed by atoms with E-state index in [0.29, 0.717) is 12.3 Å². The van der Waals surface area contributed by atoms with Crippen LogP contribution in [0.25, 0.3) is 0 Å². The summed E-state index contributed by atoms with van der Waals surface area (Å²) in [5.41, 5.74) is 13.0. The molecule has 1 amide bonds. The molecular formula is C13H20ClIN2O2. The molecule has 0 saturated carbocycles. The molecule has 0 atom stereocenters. The fourth-order valence-corrected chi connectivity index (χ4v) is 2.38. The largest absolute Gasteiger partial charge is 0.482 e. The van der Waals surface area contributed by atoms with Crippen LogP contribution in [0.15, 0.2) is 12.1 Å². The number of ether oxygens (including phenoxy) is 1. The van der Waals surface area contributed by atoms with Gasteiger partial charge in [-0.15, -0.1) is 12.4 Å². The first-order valence-electron chi connectivity index (χ1n) is 5.69. The molecule has 4 N–H and O–H groups in total. The van der Waals surface area contributed by atoms with Gasteiger partial charge < -0.3 is 16.2 Å². The number of benzene rings is 1. The third-order valence-electron chi connectivity index (χ3n) is 2.57. The van der Waals surface area contributed by atoms with E-state index in [1.807, 2.05) is 6.07 Å². The lowest BCUT2D eigenvalue weighted by Gasteiger charge is -2.22. The van der Waals surface area contributed by atoms with E-state index >= 15 is 0 Å². The molecule has 0 saturated heterocycles. The van der Waals surface area contributed by atoms with E-state index in [2.05, 4.69) is 49.4 Å². The Morgan fingerprint density at radius 3 is 2.37 bits per heavy atom. The summed E-state index contributed by atoms with van der Waals surface area (Å²) in [7, 11) is 0. The van der Waals surface area contributed by atoms with Crippen LogP contribution in [0.3, 0.4) is 0 Å². The summed E-state index contributed by atoms with van der Waals surface area (Å²) >= 11 is 2.19. The van der Waals surface area contributed by atoms with E-state index in [1.165, 1.54) is 5.56 Å². The average molecular weight is 399 g/mol. The highest BCUT2D eigenvalue weighted by atomic mass is 127. The van der Waals surface area contributed by atoms with Gasteiger partial charge in [0.15, 0.2) is 6.61 Å².